The highest BCUT2D eigenvalue weighted by Crippen LogP contribution is 2.34. The fraction of sp³-hybridized carbons (Fsp3) is 0.294. The zero-order chi connectivity index (χ0) is 12.2. The molecule has 1 aliphatic rings. The zero-order valence-electron chi connectivity index (χ0n) is 10.6. The Morgan fingerprint density at radius 3 is 2.28 bits per heavy atom. The first-order valence-electron chi connectivity index (χ1n) is 6.76. The number of benzene rings is 2. The van der Waals surface area contributed by atoms with Crippen molar-refractivity contribution in [3.63, 3.8) is 0 Å². The van der Waals surface area contributed by atoms with Gasteiger partial charge >= 0.3 is 0 Å². The quantitative estimate of drug-likeness (QED) is 0.717. The molecule has 0 spiro atoms. The van der Waals surface area contributed by atoms with Gasteiger partial charge in [-0.15, -0.1) is 0 Å². The fourth-order valence-electron chi connectivity index (χ4n) is 2.54. The Balaban J connectivity index is 1.44. The third-order valence-corrected chi connectivity index (χ3v) is 3.65. The fourth-order valence-corrected chi connectivity index (χ4v) is 2.54. The molecule has 1 nitrogen and oxygen atoms in total. The van der Waals surface area contributed by atoms with Gasteiger partial charge in [-0.05, 0) is 30.5 Å². The van der Waals surface area contributed by atoms with Crippen molar-refractivity contribution >= 4 is 0 Å². The van der Waals surface area contributed by atoms with Gasteiger partial charge in [-0.2, -0.15) is 0 Å². The third-order valence-electron chi connectivity index (χ3n) is 3.65. The normalized spacial score (nSPS) is 21.8. The van der Waals surface area contributed by atoms with Gasteiger partial charge in [-0.3, -0.25) is 4.90 Å². The lowest BCUT2D eigenvalue weighted by molar-refractivity contribution is 0.495. The summed E-state index contributed by atoms with van der Waals surface area (Å²) in [6, 6.07) is 22.3. The van der Waals surface area contributed by atoms with E-state index in [9.17, 15) is 0 Å². The molecular weight excluding hydrogens is 218 g/mol. The second-order valence-electron chi connectivity index (χ2n) is 5.01. The molecule has 1 aliphatic heterocycles. The molecule has 0 bridgehead atoms. The number of hydrogen-bond donors (Lipinski definition) is 0. The molecule has 2 atom stereocenters. The standard InChI is InChI=1S/C17H19N/c1-3-8-15(9-4-1)10-7-13-18-14-17(18)16-11-5-2-6-12-16/h1-6,8-9,11-12,17H,7,10,13-14H2. The van der Waals surface area contributed by atoms with E-state index in [4.69, 9.17) is 0 Å². The van der Waals surface area contributed by atoms with Gasteiger partial charge in [-0.1, -0.05) is 60.7 Å². The van der Waals surface area contributed by atoms with Crippen LogP contribution in [0.3, 0.4) is 0 Å². The van der Waals surface area contributed by atoms with Gasteiger partial charge in [0.2, 0.25) is 0 Å². The average molecular weight is 237 g/mol. The predicted molar refractivity (Wildman–Crippen MR) is 75.5 cm³/mol. The largest absolute Gasteiger partial charge is 0.293 e. The van der Waals surface area contributed by atoms with Gasteiger partial charge in [-0.25, -0.2) is 0 Å². The maximum absolute atomic E-state index is 2.55. The van der Waals surface area contributed by atoms with Gasteiger partial charge in [0, 0.05) is 12.6 Å². The van der Waals surface area contributed by atoms with Gasteiger partial charge in [0.1, 0.15) is 0 Å². The second kappa shape index (κ2) is 5.36. The van der Waals surface area contributed by atoms with Crippen molar-refractivity contribution in [3.05, 3.63) is 71.8 Å². The van der Waals surface area contributed by atoms with Gasteiger partial charge in [0.05, 0.1) is 0 Å². The van der Waals surface area contributed by atoms with Crippen molar-refractivity contribution < 1.29 is 0 Å². The smallest absolute Gasteiger partial charge is 0.0476 e. The lowest BCUT2D eigenvalue weighted by Gasteiger charge is -2.04. The summed E-state index contributed by atoms with van der Waals surface area (Å²) >= 11 is 0. The Bertz CT molecular complexity index is 477. The molecule has 1 saturated heterocycles. The summed E-state index contributed by atoms with van der Waals surface area (Å²) < 4.78 is 0. The monoisotopic (exact) mass is 237 g/mol. The highest BCUT2D eigenvalue weighted by molar-refractivity contribution is 5.23. The van der Waals surface area contributed by atoms with Crippen LogP contribution >= 0.6 is 0 Å². The van der Waals surface area contributed by atoms with Crippen LogP contribution < -0.4 is 0 Å². The summed E-state index contributed by atoms with van der Waals surface area (Å²) in [5.74, 6) is 0. The first-order valence-corrected chi connectivity index (χ1v) is 6.76. The molecule has 3 rings (SSSR count). The lowest BCUT2D eigenvalue weighted by Crippen LogP contribution is -2.02. The topological polar surface area (TPSA) is 3.01 Å². The third kappa shape index (κ3) is 2.80. The van der Waals surface area contributed by atoms with Crippen LogP contribution in [-0.4, -0.2) is 18.0 Å². The predicted octanol–water partition coefficient (Wildman–Crippen LogP) is 3.68. The Morgan fingerprint density at radius 2 is 1.56 bits per heavy atom. The Labute approximate surface area is 109 Å². The molecule has 2 aromatic carbocycles. The van der Waals surface area contributed by atoms with E-state index >= 15 is 0 Å². The molecule has 2 aromatic rings. The van der Waals surface area contributed by atoms with Crippen LogP contribution in [0, 0.1) is 0 Å². The average Bonchev–Trinajstić information content (AvgIpc) is 3.21. The van der Waals surface area contributed by atoms with E-state index in [1.807, 2.05) is 0 Å². The number of aryl methyl sites for hydroxylation is 1. The Kier molecular flexibility index (Phi) is 3.42. The summed E-state index contributed by atoms with van der Waals surface area (Å²) in [6.45, 7) is 2.45. The number of nitrogens with zero attached hydrogens (tertiary/aromatic N) is 1. The highest BCUT2D eigenvalue weighted by atomic mass is 15.3. The number of rotatable bonds is 5. The minimum atomic E-state index is 0.682. The molecule has 0 saturated carbocycles. The van der Waals surface area contributed by atoms with Crippen molar-refractivity contribution in [2.45, 2.75) is 18.9 Å². The zero-order valence-corrected chi connectivity index (χ0v) is 10.6. The first kappa shape index (κ1) is 11.5. The van der Waals surface area contributed by atoms with Crippen molar-refractivity contribution in [1.82, 2.24) is 4.90 Å². The summed E-state index contributed by atoms with van der Waals surface area (Å²) in [5, 5.41) is 0. The molecule has 0 aliphatic carbocycles. The summed E-state index contributed by atoms with van der Waals surface area (Å²) in [6.07, 6.45) is 2.45. The molecule has 0 N–H and O–H groups in total. The maximum Gasteiger partial charge on any atom is 0.0476 e. The highest BCUT2D eigenvalue weighted by Gasteiger charge is 2.33. The first-order chi connectivity index (χ1) is 8.93. The molecule has 2 unspecified atom stereocenters. The maximum atomic E-state index is 2.55. The SMILES string of the molecule is c1ccc(CCCN2CC2c2ccccc2)cc1. The van der Waals surface area contributed by atoms with E-state index < -0.39 is 0 Å². The van der Waals surface area contributed by atoms with E-state index in [1.54, 1.807) is 0 Å². The Hall–Kier alpha value is -1.60. The molecular formula is C17H19N. The van der Waals surface area contributed by atoms with E-state index in [-0.39, 0.29) is 0 Å². The van der Waals surface area contributed by atoms with Crippen molar-refractivity contribution in [2.75, 3.05) is 13.1 Å². The van der Waals surface area contributed by atoms with Crippen molar-refractivity contribution in [1.29, 1.82) is 0 Å². The van der Waals surface area contributed by atoms with Gasteiger partial charge in [0.15, 0.2) is 0 Å². The molecule has 1 fully saturated rings. The molecule has 18 heavy (non-hydrogen) atoms. The van der Waals surface area contributed by atoms with Crippen LogP contribution in [0.1, 0.15) is 23.6 Å². The van der Waals surface area contributed by atoms with Crippen LogP contribution in [0.4, 0.5) is 0 Å². The molecule has 0 radical (unpaired) electrons. The van der Waals surface area contributed by atoms with Crippen molar-refractivity contribution in [2.24, 2.45) is 0 Å². The Morgan fingerprint density at radius 1 is 0.889 bits per heavy atom. The van der Waals surface area contributed by atoms with E-state index in [2.05, 4.69) is 65.6 Å². The molecule has 92 valence electrons. The summed E-state index contributed by atoms with van der Waals surface area (Å²) in [4.78, 5) is 2.55. The van der Waals surface area contributed by atoms with Crippen molar-refractivity contribution in [3.8, 4) is 0 Å². The van der Waals surface area contributed by atoms with Crippen LogP contribution in [-0.2, 0) is 6.42 Å². The van der Waals surface area contributed by atoms with Crippen LogP contribution in [0.25, 0.3) is 0 Å². The second-order valence-corrected chi connectivity index (χ2v) is 5.01. The minimum Gasteiger partial charge on any atom is -0.293 e. The van der Waals surface area contributed by atoms with E-state index in [1.165, 1.54) is 37.1 Å². The molecule has 0 amide bonds. The molecule has 0 aromatic heterocycles. The van der Waals surface area contributed by atoms with Crippen LogP contribution in [0.5, 0.6) is 0 Å². The minimum absolute atomic E-state index is 0.682. The van der Waals surface area contributed by atoms with Crippen LogP contribution in [0.2, 0.25) is 0 Å². The van der Waals surface area contributed by atoms with Crippen LogP contribution in [0.15, 0.2) is 60.7 Å². The van der Waals surface area contributed by atoms with E-state index in [0.717, 1.165) is 0 Å². The lowest BCUT2D eigenvalue weighted by atomic mass is 10.1. The summed E-state index contributed by atoms with van der Waals surface area (Å²) in [7, 11) is 0. The van der Waals surface area contributed by atoms with Gasteiger partial charge < -0.3 is 0 Å². The summed E-state index contributed by atoms with van der Waals surface area (Å²) in [5.41, 5.74) is 2.92. The molecule has 1 heterocycles. The number of hydrogen-bond acceptors (Lipinski definition) is 1. The van der Waals surface area contributed by atoms with Gasteiger partial charge in [0.25, 0.3) is 0 Å². The van der Waals surface area contributed by atoms with E-state index in [0.29, 0.717) is 6.04 Å². The molecule has 1 heteroatoms.